The standard InChI is InChI=1S/C21H20FNO5/c1-23(11-14-7-8-19(26-2)17(22)9-14)20(24)13-28-21(25)16-10-15-5-3-4-6-18(15)27-12-16/h3-10H,11-13H2,1-2H3. The Kier molecular flexibility index (Phi) is 5.93. The normalized spacial score (nSPS) is 12.3. The fourth-order valence-corrected chi connectivity index (χ4v) is 2.73. The highest BCUT2D eigenvalue weighted by Gasteiger charge is 2.20. The molecule has 0 spiro atoms. The number of halogens is 1. The van der Waals surface area contributed by atoms with E-state index >= 15 is 0 Å². The molecule has 0 radical (unpaired) electrons. The van der Waals surface area contributed by atoms with Crippen LogP contribution in [0, 0.1) is 5.82 Å². The molecular weight excluding hydrogens is 365 g/mol. The van der Waals surface area contributed by atoms with Crippen molar-refractivity contribution in [1.82, 2.24) is 4.90 Å². The number of esters is 1. The Hall–Kier alpha value is -3.35. The molecule has 1 aliphatic rings. The maximum atomic E-state index is 13.8. The van der Waals surface area contributed by atoms with Gasteiger partial charge in [-0.1, -0.05) is 24.3 Å². The maximum Gasteiger partial charge on any atom is 0.338 e. The van der Waals surface area contributed by atoms with Crippen molar-refractivity contribution in [3.63, 3.8) is 0 Å². The Balaban J connectivity index is 1.54. The highest BCUT2D eigenvalue weighted by atomic mass is 19.1. The number of hydrogen-bond acceptors (Lipinski definition) is 5. The van der Waals surface area contributed by atoms with E-state index in [0.717, 1.165) is 5.56 Å². The maximum absolute atomic E-state index is 13.8. The molecule has 0 unspecified atom stereocenters. The molecule has 1 heterocycles. The third kappa shape index (κ3) is 4.49. The van der Waals surface area contributed by atoms with Gasteiger partial charge in [0.1, 0.15) is 12.4 Å². The topological polar surface area (TPSA) is 65.1 Å². The molecule has 0 aliphatic carbocycles. The Bertz CT molecular complexity index is 925. The molecule has 0 saturated carbocycles. The zero-order valence-electron chi connectivity index (χ0n) is 15.6. The minimum absolute atomic E-state index is 0.0883. The van der Waals surface area contributed by atoms with Gasteiger partial charge in [-0.2, -0.15) is 0 Å². The van der Waals surface area contributed by atoms with Gasteiger partial charge in [0.2, 0.25) is 0 Å². The van der Waals surface area contributed by atoms with E-state index in [0.29, 0.717) is 16.9 Å². The minimum atomic E-state index is -0.605. The van der Waals surface area contributed by atoms with Gasteiger partial charge in [0.15, 0.2) is 18.2 Å². The fourth-order valence-electron chi connectivity index (χ4n) is 2.73. The monoisotopic (exact) mass is 385 g/mol. The van der Waals surface area contributed by atoms with Crippen molar-refractivity contribution in [2.24, 2.45) is 0 Å². The molecule has 7 heteroatoms. The molecule has 146 valence electrons. The summed E-state index contributed by atoms with van der Waals surface area (Å²) in [7, 11) is 2.94. The summed E-state index contributed by atoms with van der Waals surface area (Å²) in [5.41, 5.74) is 1.72. The molecule has 0 saturated heterocycles. The molecule has 2 aromatic carbocycles. The van der Waals surface area contributed by atoms with Gasteiger partial charge in [0.25, 0.3) is 5.91 Å². The second-order valence-corrected chi connectivity index (χ2v) is 6.29. The van der Waals surface area contributed by atoms with Crippen LogP contribution < -0.4 is 9.47 Å². The largest absolute Gasteiger partial charge is 0.494 e. The quantitative estimate of drug-likeness (QED) is 0.716. The van der Waals surface area contributed by atoms with Gasteiger partial charge in [-0.05, 0) is 29.8 Å². The predicted octanol–water partition coefficient (Wildman–Crippen LogP) is 2.81. The van der Waals surface area contributed by atoms with Crippen molar-refractivity contribution >= 4 is 18.0 Å². The number of fused-ring (bicyclic) bond motifs is 1. The number of hydrogen-bond donors (Lipinski definition) is 0. The number of carbonyl (C=O) groups is 2. The van der Waals surface area contributed by atoms with E-state index in [1.54, 1.807) is 19.2 Å². The molecule has 0 N–H and O–H groups in total. The van der Waals surface area contributed by atoms with Crippen LogP contribution in [0.2, 0.25) is 0 Å². The van der Waals surface area contributed by atoms with E-state index < -0.39 is 24.3 Å². The first-order valence-corrected chi connectivity index (χ1v) is 8.64. The molecule has 1 amide bonds. The van der Waals surface area contributed by atoms with Gasteiger partial charge in [0.05, 0.1) is 12.7 Å². The molecule has 6 nitrogen and oxygen atoms in total. The molecular formula is C21H20FNO5. The van der Waals surface area contributed by atoms with Crippen LogP contribution in [0.15, 0.2) is 48.0 Å². The van der Waals surface area contributed by atoms with Crippen molar-refractivity contribution in [3.8, 4) is 11.5 Å². The van der Waals surface area contributed by atoms with Gasteiger partial charge in [0, 0.05) is 19.2 Å². The van der Waals surface area contributed by atoms with E-state index in [1.165, 1.54) is 24.1 Å². The number of ether oxygens (including phenoxy) is 3. The first-order valence-electron chi connectivity index (χ1n) is 8.64. The molecule has 3 rings (SSSR count). The van der Waals surface area contributed by atoms with Crippen LogP contribution in [0.5, 0.6) is 11.5 Å². The number of likely N-dealkylation sites (N-methyl/N-ethyl adjacent to an activating group) is 1. The number of para-hydroxylation sites is 1. The van der Waals surface area contributed by atoms with Gasteiger partial charge in [-0.25, -0.2) is 9.18 Å². The SMILES string of the molecule is COc1ccc(CN(C)C(=O)COC(=O)C2=Cc3ccccc3OC2)cc1F. The molecule has 2 aromatic rings. The average molecular weight is 385 g/mol. The molecule has 0 aromatic heterocycles. The molecule has 1 aliphatic heterocycles. The second-order valence-electron chi connectivity index (χ2n) is 6.29. The van der Waals surface area contributed by atoms with Crippen LogP contribution in [-0.4, -0.2) is 44.1 Å². The molecule has 0 bridgehead atoms. The lowest BCUT2D eigenvalue weighted by Crippen LogP contribution is -2.31. The molecule has 28 heavy (non-hydrogen) atoms. The first-order chi connectivity index (χ1) is 13.5. The smallest absolute Gasteiger partial charge is 0.338 e. The number of methoxy groups -OCH3 is 1. The summed E-state index contributed by atoms with van der Waals surface area (Å²) in [6, 6.07) is 11.8. The van der Waals surface area contributed by atoms with E-state index in [-0.39, 0.29) is 18.9 Å². The summed E-state index contributed by atoms with van der Waals surface area (Å²) in [6.07, 6.45) is 1.69. The van der Waals surface area contributed by atoms with Crippen LogP contribution in [-0.2, 0) is 20.9 Å². The second kappa shape index (κ2) is 8.56. The summed E-state index contributed by atoms with van der Waals surface area (Å²) in [6.45, 7) is -0.144. The highest BCUT2D eigenvalue weighted by molar-refractivity contribution is 5.96. The third-order valence-electron chi connectivity index (χ3n) is 4.28. The highest BCUT2D eigenvalue weighted by Crippen LogP contribution is 2.26. The number of nitrogens with zero attached hydrogens (tertiary/aromatic N) is 1. The predicted molar refractivity (Wildman–Crippen MR) is 100 cm³/mol. The zero-order chi connectivity index (χ0) is 20.1. The van der Waals surface area contributed by atoms with Crippen LogP contribution in [0.3, 0.4) is 0 Å². The summed E-state index contributed by atoms with van der Waals surface area (Å²) in [4.78, 5) is 25.8. The minimum Gasteiger partial charge on any atom is -0.494 e. The Labute approximate surface area is 162 Å². The van der Waals surface area contributed by atoms with Crippen molar-refractivity contribution in [3.05, 3.63) is 65.0 Å². The third-order valence-corrected chi connectivity index (χ3v) is 4.28. The van der Waals surface area contributed by atoms with Crippen molar-refractivity contribution in [2.45, 2.75) is 6.54 Å². The number of carbonyl (C=O) groups excluding carboxylic acids is 2. The van der Waals surface area contributed by atoms with E-state index in [2.05, 4.69) is 0 Å². The zero-order valence-corrected chi connectivity index (χ0v) is 15.6. The average Bonchev–Trinajstić information content (AvgIpc) is 2.71. The van der Waals surface area contributed by atoms with Gasteiger partial charge < -0.3 is 19.1 Å². The molecule has 0 atom stereocenters. The summed E-state index contributed by atoms with van der Waals surface area (Å²) in [5.74, 6) is -0.677. The summed E-state index contributed by atoms with van der Waals surface area (Å²) in [5, 5.41) is 0. The van der Waals surface area contributed by atoms with Crippen LogP contribution in [0.25, 0.3) is 6.08 Å². The summed E-state index contributed by atoms with van der Waals surface area (Å²) >= 11 is 0. The Morgan fingerprint density at radius 2 is 2.00 bits per heavy atom. The first kappa shape index (κ1) is 19.4. The van der Waals surface area contributed by atoms with Crippen LogP contribution in [0.4, 0.5) is 4.39 Å². The van der Waals surface area contributed by atoms with Crippen LogP contribution in [0.1, 0.15) is 11.1 Å². The van der Waals surface area contributed by atoms with E-state index in [9.17, 15) is 14.0 Å². The lowest BCUT2D eigenvalue weighted by Gasteiger charge is -2.19. The van der Waals surface area contributed by atoms with Crippen molar-refractivity contribution in [2.75, 3.05) is 27.4 Å². The van der Waals surface area contributed by atoms with E-state index in [1.807, 2.05) is 24.3 Å². The lowest BCUT2D eigenvalue weighted by molar-refractivity contribution is -0.148. The van der Waals surface area contributed by atoms with Gasteiger partial charge in [-0.3, -0.25) is 4.79 Å². The van der Waals surface area contributed by atoms with E-state index in [4.69, 9.17) is 14.2 Å². The number of amides is 1. The lowest BCUT2D eigenvalue weighted by atomic mass is 10.1. The fraction of sp³-hybridized carbons (Fsp3) is 0.238. The van der Waals surface area contributed by atoms with Crippen LogP contribution >= 0.6 is 0 Å². The summed E-state index contributed by atoms with van der Waals surface area (Å²) < 4.78 is 29.2. The Morgan fingerprint density at radius 3 is 2.75 bits per heavy atom. The number of benzene rings is 2. The number of rotatable bonds is 6. The van der Waals surface area contributed by atoms with Crippen molar-refractivity contribution in [1.29, 1.82) is 0 Å². The van der Waals surface area contributed by atoms with Gasteiger partial charge >= 0.3 is 5.97 Å². The molecule has 0 fully saturated rings. The Morgan fingerprint density at radius 1 is 1.21 bits per heavy atom. The van der Waals surface area contributed by atoms with Gasteiger partial charge in [-0.15, -0.1) is 0 Å². The van der Waals surface area contributed by atoms with Crippen molar-refractivity contribution < 1.29 is 28.2 Å².